The molecule has 0 unspecified atom stereocenters. The predicted molar refractivity (Wildman–Crippen MR) is 37.5 cm³/mol. The highest BCUT2D eigenvalue weighted by Gasteiger charge is 2.34. The molecule has 1 aliphatic heterocycles. The number of ether oxygens (including phenoxy) is 1. The van der Waals surface area contributed by atoms with E-state index in [1.165, 1.54) is 0 Å². The van der Waals surface area contributed by atoms with Crippen molar-refractivity contribution in [2.45, 2.75) is 25.6 Å². The number of hydrogen-bond acceptors (Lipinski definition) is 3. The Labute approximate surface area is 64.7 Å². The van der Waals surface area contributed by atoms with Crippen LogP contribution in [0, 0.1) is 5.92 Å². The molecule has 1 aliphatic rings. The maximum absolute atomic E-state index is 10.9. The SMILES string of the molecule is CC(C)[C@@H]1N[C@@H](Cl)OC1=O. The topological polar surface area (TPSA) is 38.3 Å². The minimum Gasteiger partial charge on any atom is -0.431 e. The molecule has 0 aromatic carbocycles. The van der Waals surface area contributed by atoms with Crippen LogP contribution in [0.2, 0.25) is 0 Å². The molecule has 1 fully saturated rings. The zero-order chi connectivity index (χ0) is 7.72. The van der Waals surface area contributed by atoms with Crippen LogP contribution in [0.3, 0.4) is 0 Å². The molecule has 10 heavy (non-hydrogen) atoms. The first kappa shape index (κ1) is 7.82. The number of nitrogens with one attached hydrogen (secondary N) is 1. The summed E-state index contributed by atoms with van der Waals surface area (Å²) in [5.74, 6) is -0.0220. The Kier molecular flexibility index (Phi) is 2.16. The van der Waals surface area contributed by atoms with Crippen molar-refractivity contribution in [3.8, 4) is 0 Å². The van der Waals surface area contributed by atoms with Gasteiger partial charge in [-0.15, -0.1) is 0 Å². The summed E-state index contributed by atoms with van der Waals surface area (Å²) in [4.78, 5) is 10.9. The van der Waals surface area contributed by atoms with Gasteiger partial charge in [0.1, 0.15) is 6.04 Å². The number of hydrogen-bond donors (Lipinski definition) is 1. The van der Waals surface area contributed by atoms with Crippen molar-refractivity contribution in [1.29, 1.82) is 0 Å². The van der Waals surface area contributed by atoms with Gasteiger partial charge in [-0.25, -0.2) is 0 Å². The molecule has 4 heteroatoms. The van der Waals surface area contributed by atoms with Crippen molar-refractivity contribution in [3.63, 3.8) is 0 Å². The average Bonchev–Trinajstić information content (AvgIpc) is 2.10. The standard InChI is InChI=1S/C6H10ClNO2/c1-3(2)4-5(9)10-6(7)8-4/h3-4,6,8H,1-2H3/t4-,6+/m0/s1. The van der Waals surface area contributed by atoms with Crippen LogP contribution in [0.4, 0.5) is 0 Å². The van der Waals surface area contributed by atoms with E-state index in [0.29, 0.717) is 0 Å². The lowest BCUT2D eigenvalue weighted by atomic mass is 10.1. The second-order valence-corrected chi connectivity index (χ2v) is 3.04. The highest BCUT2D eigenvalue weighted by Crippen LogP contribution is 2.14. The normalized spacial score (nSPS) is 33.0. The molecule has 1 saturated heterocycles. The van der Waals surface area contributed by atoms with Crippen molar-refractivity contribution < 1.29 is 9.53 Å². The van der Waals surface area contributed by atoms with E-state index in [9.17, 15) is 4.79 Å². The summed E-state index contributed by atoms with van der Waals surface area (Å²) in [7, 11) is 0. The lowest BCUT2D eigenvalue weighted by molar-refractivity contribution is -0.140. The highest BCUT2D eigenvalue weighted by molar-refractivity contribution is 6.20. The fourth-order valence-corrected chi connectivity index (χ4v) is 1.11. The number of halogens is 1. The van der Waals surface area contributed by atoms with Crippen molar-refractivity contribution in [3.05, 3.63) is 0 Å². The van der Waals surface area contributed by atoms with E-state index in [-0.39, 0.29) is 17.9 Å². The van der Waals surface area contributed by atoms with Crippen LogP contribution >= 0.6 is 11.6 Å². The van der Waals surface area contributed by atoms with Crippen molar-refractivity contribution in [1.82, 2.24) is 5.32 Å². The van der Waals surface area contributed by atoms with Gasteiger partial charge in [0, 0.05) is 0 Å². The minimum absolute atomic E-state index is 0.233. The van der Waals surface area contributed by atoms with Crippen LogP contribution in [-0.2, 0) is 9.53 Å². The van der Waals surface area contributed by atoms with Crippen molar-refractivity contribution in [2.24, 2.45) is 5.92 Å². The van der Waals surface area contributed by atoms with E-state index in [0.717, 1.165) is 0 Å². The quantitative estimate of drug-likeness (QED) is 0.351. The van der Waals surface area contributed by atoms with Crippen molar-refractivity contribution in [2.75, 3.05) is 0 Å². The Morgan fingerprint density at radius 2 is 2.30 bits per heavy atom. The monoisotopic (exact) mass is 163 g/mol. The summed E-state index contributed by atoms with van der Waals surface area (Å²) in [6, 6.07) is -0.234. The fraction of sp³-hybridized carbons (Fsp3) is 0.833. The number of carbonyl (C=O) groups excluding carboxylic acids is 1. The van der Waals surface area contributed by atoms with E-state index in [1.807, 2.05) is 13.8 Å². The zero-order valence-corrected chi connectivity index (χ0v) is 6.68. The van der Waals surface area contributed by atoms with E-state index in [1.54, 1.807) is 0 Å². The van der Waals surface area contributed by atoms with Gasteiger partial charge in [0.25, 0.3) is 0 Å². The van der Waals surface area contributed by atoms with Gasteiger partial charge in [-0.05, 0) is 5.92 Å². The van der Waals surface area contributed by atoms with Crippen LogP contribution in [0.15, 0.2) is 0 Å². The maximum atomic E-state index is 10.9. The molecular weight excluding hydrogens is 154 g/mol. The lowest BCUT2D eigenvalue weighted by Crippen LogP contribution is -2.34. The summed E-state index contributed by atoms with van der Waals surface area (Å²) in [5.41, 5.74) is -0.639. The molecule has 58 valence electrons. The van der Waals surface area contributed by atoms with Gasteiger partial charge in [0.15, 0.2) is 0 Å². The van der Waals surface area contributed by atoms with Gasteiger partial charge < -0.3 is 4.74 Å². The third-order valence-corrected chi connectivity index (χ3v) is 1.67. The third-order valence-electron chi connectivity index (χ3n) is 1.45. The first-order chi connectivity index (χ1) is 4.61. The van der Waals surface area contributed by atoms with Gasteiger partial charge in [0.05, 0.1) is 0 Å². The second-order valence-electron chi connectivity index (χ2n) is 2.64. The van der Waals surface area contributed by atoms with Crippen LogP contribution in [0.5, 0.6) is 0 Å². The van der Waals surface area contributed by atoms with Gasteiger partial charge in [-0.3, -0.25) is 10.1 Å². The average molecular weight is 164 g/mol. The van der Waals surface area contributed by atoms with Gasteiger partial charge in [0.2, 0.25) is 5.69 Å². The lowest BCUT2D eigenvalue weighted by Gasteiger charge is -2.08. The van der Waals surface area contributed by atoms with Gasteiger partial charge >= 0.3 is 5.97 Å². The Hall–Kier alpha value is -0.280. The second kappa shape index (κ2) is 2.76. The molecule has 0 aromatic rings. The Morgan fingerprint density at radius 1 is 1.70 bits per heavy atom. The summed E-state index contributed by atoms with van der Waals surface area (Å²) in [6.45, 7) is 3.88. The third kappa shape index (κ3) is 1.41. The van der Waals surface area contributed by atoms with Crippen LogP contribution < -0.4 is 5.32 Å². The molecule has 1 heterocycles. The molecule has 1 rings (SSSR count). The Bertz CT molecular complexity index is 149. The van der Waals surface area contributed by atoms with Crippen molar-refractivity contribution >= 4 is 17.6 Å². The van der Waals surface area contributed by atoms with E-state index >= 15 is 0 Å². The summed E-state index contributed by atoms with van der Waals surface area (Å²) in [5, 5.41) is 2.80. The first-order valence-electron chi connectivity index (χ1n) is 3.22. The Morgan fingerprint density at radius 3 is 2.50 bits per heavy atom. The van der Waals surface area contributed by atoms with Gasteiger partial charge in [-0.2, -0.15) is 0 Å². The number of esters is 1. The number of cyclic esters (lactones) is 1. The van der Waals surface area contributed by atoms with Crippen LogP contribution in [0.25, 0.3) is 0 Å². The number of alkyl halides is 1. The first-order valence-corrected chi connectivity index (χ1v) is 3.65. The zero-order valence-electron chi connectivity index (χ0n) is 5.93. The fourth-order valence-electron chi connectivity index (χ4n) is 0.883. The van der Waals surface area contributed by atoms with Crippen LogP contribution in [0.1, 0.15) is 13.8 Å². The summed E-state index contributed by atoms with van der Waals surface area (Å²) >= 11 is 5.49. The molecule has 0 radical (unpaired) electrons. The molecular formula is C6H10ClNO2. The molecule has 0 aromatic heterocycles. The Balaban J connectivity index is 2.55. The summed E-state index contributed by atoms with van der Waals surface area (Å²) in [6.07, 6.45) is 0. The minimum atomic E-state index is -0.639. The molecule has 1 N–H and O–H groups in total. The predicted octanol–water partition coefficient (Wildman–Crippen LogP) is 0.680. The molecule has 0 spiro atoms. The molecule has 0 aliphatic carbocycles. The molecule has 0 saturated carbocycles. The van der Waals surface area contributed by atoms with E-state index in [2.05, 4.69) is 10.1 Å². The van der Waals surface area contributed by atoms with Gasteiger partial charge in [-0.1, -0.05) is 25.4 Å². The number of carbonyl (C=O) groups is 1. The summed E-state index contributed by atoms with van der Waals surface area (Å²) < 4.78 is 4.65. The number of rotatable bonds is 1. The largest absolute Gasteiger partial charge is 0.431 e. The molecule has 2 atom stereocenters. The molecule has 3 nitrogen and oxygen atoms in total. The maximum Gasteiger partial charge on any atom is 0.326 e. The van der Waals surface area contributed by atoms with Crippen LogP contribution in [-0.4, -0.2) is 17.7 Å². The van der Waals surface area contributed by atoms with E-state index in [4.69, 9.17) is 11.6 Å². The molecule has 0 bridgehead atoms. The smallest absolute Gasteiger partial charge is 0.326 e. The van der Waals surface area contributed by atoms with E-state index < -0.39 is 5.69 Å². The highest BCUT2D eigenvalue weighted by atomic mass is 35.5. The molecule has 0 amide bonds.